The van der Waals surface area contributed by atoms with Gasteiger partial charge in [0.25, 0.3) is 5.69 Å². The molecule has 2 aromatic rings. The van der Waals surface area contributed by atoms with Crippen molar-refractivity contribution in [3.05, 3.63) is 75.8 Å². The monoisotopic (exact) mass is 308 g/mol. The van der Waals surface area contributed by atoms with Gasteiger partial charge in [0.15, 0.2) is 5.71 Å². The third kappa shape index (κ3) is 3.16. The van der Waals surface area contributed by atoms with E-state index in [0.29, 0.717) is 11.4 Å². The van der Waals surface area contributed by atoms with Gasteiger partial charge in [-0.15, -0.1) is 0 Å². The number of non-ortho nitro benzene ring substituents is 1. The van der Waals surface area contributed by atoms with E-state index in [9.17, 15) is 14.9 Å². The number of carbonyl (C=O) groups is 1. The maximum absolute atomic E-state index is 11.9. The summed E-state index contributed by atoms with van der Waals surface area (Å²) < 4.78 is 5.22. The molecule has 0 amide bonds. The molecule has 0 unspecified atom stereocenters. The van der Waals surface area contributed by atoms with Gasteiger partial charge in [0.2, 0.25) is 0 Å². The molecule has 6 nitrogen and oxygen atoms in total. The second kappa shape index (κ2) is 5.84. The lowest BCUT2D eigenvalue weighted by Gasteiger charge is -2.01. The number of benzene rings is 2. The van der Waals surface area contributed by atoms with E-state index in [4.69, 9.17) is 4.74 Å². The number of hydrogen-bond acceptors (Lipinski definition) is 5. The van der Waals surface area contributed by atoms with E-state index >= 15 is 0 Å². The Kier molecular flexibility index (Phi) is 3.72. The second-order valence-corrected chi connectivity index (χ2v) is 5.03. The Morgan fingerprint density at radius 2 is 1.70 bits per heavy atom. The van der Waals surface area contributed by atoms with Gasteiger partial charge in [-0.1, -0.05) is 29.8 Å². The predicted octanol–water partition coefficient (Wildman–Crippen LogP) is 3.57. The lowest BCUT2D eigenvalue weighted by atomic mass is 10.1. The fraction of sp³-hybridized carbons (Fsp3) is 0.0588. The van der Waals surface area contributed by atoms with Crippen molar-refractivity contribution < 1.29 is 14.5 Å². The van der Waals surface area contributed by atoms with Crippen molar-refractivity contribution in [2.75, 3.05) is 0 Å². The highest BCUT2D eigenvalue weighted by Crippen LogP contribution is 2.24. The van der Waals surface area contributed by atoms with E-state index in [1.807, 2.05) is 31.2 Å². The molecule has 3 rings (SSSR count). The van der Waals surface area contributed by atoms with E-state index in [1.54, 1.807) is 6.08 Å². The van der Waals surface area contributed by atoms with E-state index < -0.39 is 10.9 Å². The van der Waals surface area contributed by atoms with Crippen LogP contribution >= 0.6 is 0 Å². The number of esters is 1. The minimum Gasteiger partial charge on any atom is -0.421 e. The van der Waals surface area contributed by atoms with Crippen LogP contribution in [-0.4, -0.2) is 16.6 Å². The summed E-state index contributed by atoms with van der Waals surface area (Å²) in [5, 5.41) is 10.6. The van der Waals surface area contributed by atoms with Gasteiger partial charge in [0, 0.05) is 23.8 Å². The topological polar surface area (TPSA) is 81.8 Å². The molecule has 114 valence electrons. The van der Waals surface area contributed by atoms with Crippen molar-refractivity contribution in [3.8, 4) is 0 Å². The van der Waals surface area contributed by atoms with Crippen molar-refractivity contribution in [1.82, 2.24) is 0 Å². The molecule has 6 heteroatoms. The third-order valence-electron chi connectivity index (χ3n) is 3.33. The number of nitro benzene ring substituents is 1. The molecule has 23 heavy (non-hydrogen) atoms. The number of aliphatic imine (C=N–C) groups is 1. The van der Waals surface area contributed by atoms with Gasteiger partial charge in [-0.2, -0.15) is 0 Å². The highest BCUT2D eigenvalue weighted by molar-refractivity contribution is 6.46. The number of carbonyl (C=O) groups excluding carboxylic acids is 1. The van der Waals surface area contributed by atoms with E-state index in [0.717, 1.165) is 11.1 Å². The van der Waals surface area contributed by atoms with Gasteiger partial charge in [-0.25, -0.2) is 9.79 Å². The van der Waals surface area contributed by atoms with Crippen LogP contribution in [0.5, 0.6) is 0 Å². The molecule has 0 aliphatic carbocycles. The molecule has 0 saturated heterocycles. The quantitative estimate of drug-likeness (QED) is 0.493. The average Bonchev–Trinajstić information content (AvgIpc) is 2.89. The van der Waals surface area contributed by atoms with Crippen LogP contribution in [-0.2, 0) is 9.53 Å². The van der Waals surface area contributed by atoms with Gasteiger partial charge < -0.3 is 4.74 Å². The molecule has 1 aliphatic heterocycles. The zero-order chi connectivity index (χ0) is 16.4. The lowest BCUT2D eigenvalue weighted by molar-refractivity contribution is -0.384. The number of hydrogen-bond donors (Lipinski definition) is 0. The van der Waals surface area contributed by atoms with Crippen LogP contribution in [0, 0.1) is 17.0 Å². The first kappa shape index (κ1) is 14.6. The van der Waals surface area contributed by atoms with Crippen molar-refractivity contribution in [3.63, 3.8) is 0 Å². The van der Waals surface area contributed by atoms with Crippen molar-refractivity contribution in [1.29, 1.82) is 0 Å². The molecule has 1 heterocycles. The zero-order valence-corrected chi connectivity index (χ0v) is 12.2. The molecular weight excluding hydrogens is 296 g/mol. The minimum atomic E-state index is -0.543. The molecule has 0 aromatic heterocycles. The Morgan fingerprint density at radius 1 is 1.04 bits per heavy atom. The number of nitro groups is 1. The van der Waals surface area contributed by atoms with Gasteiger partial charge >= 0.3 is 5.97 Å². The van der Waals surface area contributed by atoms with Gasteiger partial charge in [-0.3, -0.25) is 10.1 Å². The van der Waals surface area contributed by atoms with Crippen molar-refractivity contribution in [2.24, 2.45) is 4.99 Å². The standard InChI is InChI=1S/C17H12N2O4/c1-11-2-4-12(5-3-11)16-10-15(17(20)23-16)18-13-6-8-14(9-7-13)19(21)22/h2-10H,1H3. The summed E-state index contributed by atoms with van der Waals surface area (Å²) in [6, 6.07) is 13.2. The molecular formula is C17H12N2O4. The molecule has 2 aromatic carbocycles. The second-order valence-electron chi connectivity index (χ2n) is 5.03. The molecule has 0 saturated carbocycles. The third-order valence-corrected chi connectivity index (χ3v) is 3.33. The highest BCUT2D eigenvalue weighted by atomic mass is 16.6. The van der Waals surface area contributed by atoms with Gasteiger partial charge in [-0.05, 0) is 19.1 Å². The number of aryl methyl sites for hydroxylation is 1. The number of rotatable bonds is 3. The molecule has 0 spiro atoms. The molecule has 0 radical (unpaired) electrons. The van der Waals surface area contributed by atoms with Crippen LogP contribution in [0.1, 0.15) is 11.1 Å². The average molecular weight is 308 g/mol. The Balaban J connectivity index is 1.88. The van der Waals surface area contributed by atoms with Crippen LogP contribution in [0.3, 0.4) is 0 Å². The summed E-state index contributed by atoms with van der Waals surface area (Å²) in [6.07, 6.45) is 1.56. The van der Waals surface area contributed by atoms with E-state index in [-0.39, 0.29) is 11.4 Å². The van der Waals surface area contributed by atoms with Gasteiger partial charge in [0.05, 0.1) is 10.6 Å². The van der Waals surface area contributed by atoms with Crippen LogP contribution in [0.15, 0.2) is 59.6 Å². The zero-order valence-electron chi connectivity index (χ0n) is 12.2. The van der Waals surface area contributed by atoms with Crippen molar-refractivity contribution >= 4 is 28.8 Å². The lowest BCUT2D eigenvalue weighted by Crippen LogP contribution is -2.06. The molecule has 0 atom stereocenters. The maximum Gasteiger partial charge on any atom is 0.362 e. The summed E-state index contributed by atoms with van der Waals surface area (Å²) in [5.74, 6) is -0.102. The largest absolute Gasteiger partial charge is 0.421 e. The van der Waals surface area contributed by atoms with Crippen LogP contribution in [0.2, 0.25) is 0 Å². The fourth-order valence-corrected chi connectivity index (χ4v) is 2.09. The Labute approximate surface area is 131 Å². The smallest absolute Gasteiger partial charge is 0.362 e. The number of ether oxygens (including phenoxy) is 1. The van der Waals surface area contributed by atoms with Gasteiger partial charge in [0.1, 0.15) is 5.76 Å². The van der Waals surface area contributed by atoms with Crippen molar-refractivity contribution in [2.45, 2.75) is 6.92 Å². The first-order valence-electron chi connectivity index (χ1n) is 6.87. The van der Waals surface area contributed by atoms with Crippen LogP contribution in [0.4, 0.5) is 11.4 Å². The molecule has 0 N–H and O–H groups in total. The maximum atomic E-state index is 11.9. The summed E-state index contributed by atoms with van der Waals surface area (Å²) in [5.41, 5.74) is 2.48. The normalized spacial score (nSPS) is 15.4. The summed E-state index contributed by atoms with van der Waals surface area (Å²) >= 11 is 0. The summed E-state index contributed by atoms with van der Waals surface area (Å²) in [4.78, 5) is 26.2. The minimum absolute atomic E-state index is 0.0289. The summed E-state index contributed by atoms with van der Waals surface area (Å²) in [7, 11) is 0. The number of cyclic esters (lactones) is 1. The Bertz CT molecular complexity index is 834. The van der Waals surface area contributed by atoms with E-state index in [1.165, 1.54) is 24.3 Å². The summed E-state index contributed by atoms with van der Waals surface area (Å²) in [6.45, 7) is 1.97. The van der Waals surface area contributed by atoms with Crippen LogP contribution < -0.4 is 0 Å². The molecule has 0 bridgehead atoms. The molecule has 1 aliphatic rings. The Hall–Kier alpha value is -3.28. The first-order chi connectivity index (χ1) is 11.0. The van der Waals surface area contributed by atoms with Crippen LogP contribution in [0.25, 0.3) is 5.76 Å². The Morgan fingerprint density at radius 3 is 2.30 bits per heavy atom. The number of nitrogens with zero attached hydrogens (tertiary/aromatic N) is 2. The first-order valence-corrected chi connectivity index (χ1v) is 6.87. The predicted molar refractivity (Wildman–Crippen MR) is 85.4 cm³/mol. The highest BCUT2D eigenvalue weighted by Gasteiger charge is 2.23. The fourth-order valence-electron chi connectivity index (χ4n) is 2.09. The SMILES string of the molecule is Cc1ccc(C2=CC(=Nc3ccc([N+](=O)[O-])cc3)C(=O)O2)cc1. The van der Waals surface area contributed by atoms with E-state index in [2.05, 4.69) is 4.99 Å². The molecule has 0 fully saturated rings.